The molecule has 3 N–H and O–H groups in total. The van der Waals surface area contributed by atoms with Crippen LogP contribution in [-0.2, 0) is 9.47 Å². The fourth-order valence-electron chi connectivity index (χ4n) is 3.03. The molecule has 0 saturated carbocycles. The number of hydrogen-bond donors (Lipinski definition) is 3. The summed E-state index contributed by atoms with van der Waals surface area (Å²) >= 11 is 0. The summed E-state index contributed by atoms with van der Waals surface area (Å²) < 4.78 is 24.4. The molecule has 1 aromatic carbocycles. The number of carbonyl (C=O) groups excluding carboxylic acids is 3. The predicted molar refractivity (Wildman–Crippen MR) is 116 cm³/mol. The van der Waals surface area contributed by atoms with Crippen molar-refractivity contribution in [2.75, 3.05) is 13.2 Å². The van der Waals surface area contributed by atoms with Crippen LogP contribution in [0.5, 0.6) is 0 Å². The summed E-state index contributed by atoms with van der Waals surface area (Å²) in [7, 11) is 0. The largest absolute Gasteiger partial charge is 0.450 e. The number of alkyl carbamates (subject to hydrolysis) is 1. The second-order valence-corrected chi connectivity index (χ2v) is 8.63. The molecule has 0 bridgehead atoms. The van der Waals surface area contributed by atoms with E-state index in [4.69, 9.17) is 14.9 Å². The lowest BCUT2D eigenvalue weighted by Gasteiger charge is -2.32. The van der Waals surface area contributed by atoms with Gasteiger partial charge in [0, 0.05) is 5.57 Å². The van der Waals surface area contributed by atoms with Crippen molar-refractivity contribution in [3.63, 3.8) is 0 Å². The normalized spacial score (nSPS) is 17.0. The van der Waals surface area contributed by atoms with Crippen LogP contribution < -0.4 is 10.6 Å². The molecule has 0 aromatic heterocycles. The Balaban J connectivity index is 2.45. The zero-order valence-electron chi connectivity index (χ0n) is 19.1. The Kier molecular flexibility index (Phi) is 7.27. The number of nitrogens with one attached hydrogen (secondary N) is 3. The van der Waals surface area contributed by atoms with Crippen molar-refractivity contribution in [3.05, 3.63) is 47.0 Å². The zero-order valence-corrected chi connectivity index (χ0v) is 19.1. The fraction of sp³-hybridized carbons (Fsp3) is 0.455. The van der Waals surface area contributed by atoms with Crippen molar-refractivity contribution in [1.82, 2.24) is 15.5 Å². The van der Waals surface area contributed by atoms with E-state index in [1.54, 1.807) is 41.5 Å². The van der Waals surface area contributed by atoms with Gasteiger partial charge in [0.05, 0.1) is 30.0 Å². The van der Waals surface area contributed by atoms with Gasteiger partial charge in [-0.05, 0) is 53.7 Å². The number of benzene rings is 1. The van der Waals surface area contributed by atoms with Gasteiger partial charge in [0.2, 0.25) is 0 Å². The first kappa shape index (κ1) is 24.8. The van der Waals surface area contributed by atoms with Crippen molar-refractivity contribution in [2.45, 2.75) is 52.7 Å². The molecule has 0 unspecified atom stereocenters. The molecule has 3 amide bonds. The molecule has 1 fully saturated rings. The predicted octanol–water partition coefficient (Wildman–Crippen LogP) is 3.56. The first-order chi connectivity index (χ1) is 14.8. The summed E-state index contributed by atoms with van der Waals surface area (Å²) in [5.41, 5.74) is -1.96. The van der Waals surface area contributed by atoms with Gasteiger partial charge in [-0.25, -0.2) is 14.0 Å². The number of nitrogens with zero attached hydrogens (tertiary/aromatic N) is 1. The van der Waals surface area contributed by atoms with Crippen LogP contribution in [0, 0.1) is 11.2 Å². The van der Waals surface area contributed by atoms with Crippen LogP contribution in [0.2, 0.25) is 0 Å². The third-order valence-electron chi connectivity index (χ3n) is 4.68. The molecule has 1 aromatic rings. The van der Waals surface area contributed by atoms with Gasteiger partial charge in [0.25, 0.3) is 5.91 Å². The molecule has 0 aliphatic carbocycles. The molecule has 1 heterocycles. The summed E-state index contributed by atoms with van der Waals surface area (Å²) in [4.78, 5) is 38.8. The van der Waals surface area contributed by atoms with E-state index in [0.717, 1.165) is 6.07 Å². The minimum atomic E-state index is -1.10. The number of rotatable bonds is 4. The molecule has 0 radical (unpaired) electrons. The average molecular weight is 448 g/mol. The van der Waals surface area contributed by atoms with Crippen LogP contribution in [0.1, 0.15) is 51.9 Å². The number of hydrogen-bond acceptors (Lipinski definition) is 6. The van der Waals surface area contributed by atoms with Gasteiger partial charge in [-0.2, -0.15) is 0 Å². The maximum atomic E-state index is 14.1. The molecule has 174 valence electrons. The number of halogens is 1. The lowest BCUT2D eigenvalue weighted by atomic mass is 9.97. The molecular formula is C22H29FN4O5. The third-order valence-corrected chi connectivity index (χ3v) is 4.68. The van der Waals surface area contributed by atoms with Gasteiger partial charge in [-0.3, -0.25) is 15.0 Å². The van der Waals surface area contributed by atoms with Crippen molar-refractivity contribution in [2.24, 2.45) is 0 Å². The third kappa shape index (κ3) is 5.63. The minimum absolute atomic E-state index is 0.0241. The maximum absolute atomic E-state index is 14.1. The topological polar surface area (TPSA) is 121 Å². The lowest BCUT2D eigenvalue weighted by Crippen LogP contribution is -2.48. The summed E-state index contributed by atoms with van der Waals surface area (Å²) in [6, 6.07) is 5.35. The van der Waals surface area contributed by atoms with E-state index >= 15 is 0 Å². The van der Waals surface area contributed by atoms with E-state index in [1.165, 1.54) is 23.1 Å². The number of ether oxygens (including phenoxy) is 2. The second kappa shape index (κ2) is 9.37. The van der Waals surface area contributed by atoms with Crippen molar-refractivity contribution < 1.29 is 28.2 Å². The average Bonchev–Trinajstić information content (AvgIpc) is 2.90. The molecule has 1 aliphatic heterocycles. The minimum Gasteiger partial charge on any atom is -0.450 e. The SMILES string of the molecule is CCOC(=O)N/C(NC(=O)c1ccccc1F)=C1/CN(C(=O)OC(C)(C)C)C(C)(C)C1=N. The highest BCUT2D eigenvalue weighted by Crippen LogP contribution is 2.32. The molecule has 32 heavy (non-hydrogen) atoms. The Hall–Kier alpha value is -3.43. The van der Waals surface area contributed by atoms with Crippen molar-refractivity contribution >= 4 is 23.8 Å². The Morgan fingerprint density at radius 2 is 1.81 bits per heavy atom. The molecule has 0 spiro atoms. The van der Waals surface area contributed by atoms with E-state index in [2.05, 4.69) is 10.6 Å². The molecule has 10 heteroatoms. The standard InChI is InChI=1S/C22H29FN4O5/c1-7-31-19(29)26-17(25-18(28)13-10-8-9-11-15(13)23)14-12-27(22(5,6)16(14)24)20(30)32-21(2,3)4/h8-11,24H,7,12H2,1-6H3,(H,25,28)(H,26,29)/b17-14-,24-16?. The first-order valence-electron chi connectivity index (χ1n) is 10.1. The Morgan fingerprint density at radius 1 is 1.19 bits per heavy atom. The van der Waals surface area contributed by atoms with Crippen molar-refractivity contribution in [3.8, 4) is 0 Å². The van der Waals surface area contributed by atoms with Crippen LogP contribution in [0.4, 0.5) is 14.0 Å². The van der Waals surface area contributed by atoms with E-state index < -0.39 is 35.1 Å². The van der Waals surface area contributed by atoms with Gasteiger partial charge in [-0.15, -0.1) is 0 Å². The van der Waals surface area contributed by atoms with Crippen LogP contribution in [-0.4, -0.2) is 53.0 Å². The van der Waals surface area contributed by atoms with Crippen LogP contribution in [0.15, 0.2) is 35.7 Å². The van der Waals surface area contributed by atoms with Gasteiger partial charge in [0.15, 0.2) is 0 Å². The Morgan fingerprint density at radius 3 is 2.38 bits per heavy atom. The second-order valence-electron chi connectivity index (χ2n) is 8.63. The van der Waals surface area contributed by atoms with E-state index in [9.17, 15) is 18.8 Å². The van der Waals surface area contributed by atoms with Crippen molar-refractivity contribution in [1.29, 1.82) is 5.41 Å². The molecular weight excluding hydrogens is 419 g/mol. The number of amides is 3. The van der Waals surface area contributed by atoms with Gasteiger partial charge >= 0.3 is 12.2 Å². The van der Waals surface area contributed by atoms with Gasteiger partial charge in [0.1, 0.15) is 17.2 Å². The molecule has 0 atom stereocenters. The highest BCUT2D eigenvalue weighted by molar-refractivity contribution is 6.10. The van der Waals surface area contributed by atoms with Gasteiger partial charge < -0.3 is 20.2 Å². The molecule has 1 saturated heterocycles. The van der Waals surface area contributed by atoms with E-state index in [1.807, 2.05) is 0 Å². The fourth-order valence-corrected chi connectivity index (χ4v) is 3.03. The summed E-state index contributed by atoms with van der Waals surface area (Å²) in [6.07, 6.45) is -1.52. The van der Waals surface area contributed by atoms with E-state index in [-0.39, 0.29) is 35.8 Å². The highest BCUT2D eigenvalue weighted by Gasteiger charge is 2.46. The van der Waals surface area contributed by atoms with Crippen LogP contribution >= 0.6 is 0 Å². The van der Waals surface area contributed by atoms with E-state index in [0.29, 0.717) is 0 Å². The summed E-state index contributed by atoms with van der Waals surface area (Å²) in [6.45, 7) is 10.0. The number of carbonyl (C=O) groups is 3. The summed E-state index contributed by atoms with van der Waals surface area (Å²) in [5.74, 6) is -1.74. The van der Waals surface area contributed by atoms with Crippen LogP contribution in [0.25, 0.3) is 0 Å². The molecule has 1 aliphatic rings. The molecule has 9 nitrogen and oxygen atoms in total. The highest BCUT2D eigenvalue weighted by atomic mass is 19.1. The zero-order chi connectivity index (χ0) is 24.3. The van der Waals surface area contributed by atoms with Gasteiger partial charge in [-0.1, -0.05) is 12.1 Å². The molecule has 2 rings (SSSR count). The maximum Gasteiger partial charge on any atom is 0.412 e. The van der Waals surface area contributed by atoms with Crippen LogP contribution in [0.3, 0.4) is 0 Å². The lowest BCUT2D eigenvalue weighted by molar-refractivity contribution is 0.0184. The summed E-state index contributed by atoms with van der Waals surface area (Å²) in [5, 5.41) is 13.5. The monoisotopic (exact) mass is 448 g/mol. The number of likely N-dealkylation sites (tertiary alicyclic amines) is 1. The Bertz CT molecular complexity index is 965. The smallest absolute Gasteiger partial charge is 0.412 e. The Labute approximate surface area is 186 Å². The first-order valence-corrected chi connectivity index (χ1v) is 10.1. The quantitative estimate of drug-likeness (QED) is 0.650.